The van der Waals surface area contributed by atoms with E-state index in [1.54, 1.807) is 0 Å². The molecule has 0 aliphatic carbocycles. The largest absolute Gasteiger partial charge is 0.495 e. The Labute approximate surface area is 200 Å². The summed E-state index contributed by atoms with van der Waals surface area (Å²) >= 11 is 6.17. The van der Waals surface area contributed by atoms with Gasteiger partial charge in [-0.1, -0.05) is 72.3 Å². The second-order valence-electron chi connectivity index (χ2n) is 7.57. The lowest BCUT2D eigenvalue weighted by atomic mass is 10.1. The fraction of sp³-hybridized carbons (Fsp3) is 0.240. The Balaban J connectivity index is 1.82. The molecule has 3 rings (SSSR count). The van der Waals surface area contributed by atoms with Crippen LogP contribution in [0.1, 0.15) is 24.1 Å². The maximum atomic E-state index is 13.4. The van der Waals surface area contributed by atoms with E-state index in [1.165, 1.54) is 29.6 Å². The van der Waals surface area contributed by atoms with Crippen molar-refractivity contribution in [3.8, 4) is 5.75 Å². The van der Waals surface area contributed by atoms with Crippen LogP contribution in [-0.2, 0) is 21.2 Å². The van der Waals surface area contributed by atoms with E-state index >= 15 is 0 Å². The highest BCUT2D eigenvalue weighted by Crippen LogP contribution is 2.28. The molecule has 0 heterocycles. The van der Waals surface area contributed by atoms with E-state index in [9.17, 15) is 13.2 Å². The molecule has 1 N–H and O–H groups in total. The van der Waals surface area contributed by atoms with Crippen molar-refractivity contribution in [3.05, 3.63) is 95.0 Å². The third-order valence-electron chi connectivity index (χ3n) is 5.25. The normalized spacial score (nSPS) is 12.4. The Morgan fingerprint density at radius 2 is 1.67 bits per heavy atom. The molecule has 6 nitrogen and oxygen atoms in total. The zero-order valence-electron chi connectivity index (χ0n) is 18.6. The fourth-order valence-electron chi connectivity index (χ4n) is 3.41. The van der Waals surface area contributed by atoms with Gasteiger partial charge in [0, 0.05) is 6.54 Å². The Morgan fingerprint density at radius 3 is 2.27 bits per heavy atom. The van der Waals surface area contributed by atoms with Crippen molar-refractivity contribution < 1.29 is 17.9 Å². The number of ether oxygens (including phenoxy) is 1. The zero-order chi connectivity index (χ0) is 23.8. The fourth-order valence-corrected chi connectivity index (χ4v) is 5.16. The van der Waals surface area contributed by atoms with Crippen molar-refractivity contribution >= 4 is 27.5 Å². The number of sulfonamides is 1. The molecule has 3 aromatic carbocycles. The van der Waals surface area contributed by atoms with Gasteiger partial charge in [0.15, 0.2) is 0 Å². The molecule has 0 radical (unpaired) electrons. The van der Waals surface area contributed by atoms with E-state index in [1.807, 2.05) is 67.6 Å². The topological polar surface area (TPSA) is 75.7 Å². The maximum Gasteiger partial charge on any atom is 0.243 e. The summed E-state index contributed by atoms with van der Waals surface area (Å²) in [7, 11) is -2.52. The van der Waals surface area contributed by atoms with Gasteiger partial charge in [-0.25, -0.2) is 8.42 Å². The summed E-state index contributed by atoms with van der Waals surface area (Å²) in [4.78, 5) is 12.8. The number of amides is 1. The standard InChI is InChI=1S/C25H27ClN2O4S/c1-19(21-11-7-4-8-12-21)27-25(29)18-28(16-15-20-9-5-3-6-10-20)33(30,31)22-13-14-24(32-2)23(26)17-22/h3-14,17,19H,15-16,18H2,1-2H3,(H,27,29). The minimum absolute atomic E-state index is 0.00488. The number of carbonyl (C=O) groups excluding carboxylic acids is 1. The van der Waals surface area contributed by atoms with Gasteiger partial charge in [-0.15, -0.1) is 0 Å². The van der Waals surface area contributed by atoms with Crippen LogP contribution >= 0.6 is 11.6 Å². The van der Waals surface area contributed by atoms with E-state index in [0.717, 1.165) is 11.1 Å². The number of rotatable bonds is 10. The molecule has 0 saturated heterocycles. The van der Waals surface area contributed by atoms with Crippen LogP contribution in [0.25, 0.3) is 0 Å². The minimum atomic E-state index is -3.98. The van der Waals surface area contributed by atoms with E-state index in [0.29, 0.717) is 12.2 Å². The SMILES string of the molecule is COc1ccc(S(=O)(=O)N(CCc2ccccc2)CC(=O)NC(C)c2ccccc2)cc1Cl. The van der Waals surface area contributed by atoms with Crippen molar-refractivity contribution in [1.29, 1.82) is 0 Å². The van der Waals surface area contributed by atoms with Gasteiger partial charge in [-0.3, -0.25) is 4.79 Å². The number of hydrogen-bond donors (Lipinski definition) is 1. The Bertz CT molecular complexity index is 1170. The van der Waals surface area contributed by atoms with E-state index in [4.69, 9.17) is 16.3 Å². The molecule has 174 valence electrons. The highest BCUT2D eigenvalue weighted by atomic mass is 35.5. The molecular formula is C25H27ClN2O4S. The monoisotopic (exact) mass is 486 g/mol. The molecule has 0 aromatic heterocycles. The molecule has 0 aliphatic rings. The molecule has 1 unspecified atom stereocenters. The van der Waals surface area contributed by atoms with Crippen LogP contribution in [0.2, 0.25) is 5.02 Å². The second kappa shape index (κ2) is 11.3. The summed E-state index contributed by atoms with van der Waals surface area (Å²) in [5, 5.41) is 3.07. The number of halogens is 1. The Hall–Kier alpha value is -2.87. The third-order valence-corrected chi connectivity index (χ3v) is 7.39. The van der Waals surface area contributed by atoms with Gasteiger partial charge >= 0.3 is 0 Å². The number of nitrogens with one attached hydrogen (secondary N) is 1. The van der Waals surface area contributed by atoms with Crippen molar-refractivity contribution in [3.63, 3.8) is 0 Å². The molecule has 0 spiro atoms. The smallest absolute Gasteiger partial charge is 0.243 e. The zero-order valence-corrected chi connectivity index (χ0v) is 20.1. The highest BCUT2D eigenvalue weighted by Gasteiger charge is 2.28. The number of carbonyl (C=O) groups is 1. The van der Waals surface area contributed by atoms with Gasteiger partial charge in [0.2, 0.25) is 15.9 Å². The van der Waals surface area contributed by atoms with Crippen molar-refractivity contribution in [2.45, 2.75) is 24.3 Å². The molecule has 33 heavy (non-hydrogen) atoms. The van der Waals surface area contributed by atoms with E-state index in [-0.39, 0.29) is 35.0 Å². The first-order valence-electron chi connectivity index (χ1n) is 10.5. The molecular weight excluding hydrogens is 460 g/mol. The quantitative estimate of drug-likeness (QED) is 0.459. The molecule has 1 atom stereocenters. The van der Waals surface area contributed by atoms with Crippen LogP contribution < -0.4 is 10.1 Å². The highest BCUT2D eigenvalue weighted by molar-refractivity contribution is 7.89. The van der Waals surface area contributed by atoms with E-state index < -0.39 is 10.0 Å². The van der Waals surface area contributed by atoms with Crippen LogP contribution in [0.4, 0.5) is 0 Å². The molecule has 0 fully saturated rings. The van der Waals surface area contributed by atoms with Gasteiger partial charge < -0.3 is 10.1 Å². The van der Waals surface area contributed by atoms with Crippen LogP contribution in [0.5, 0.6) is 5.75 Å². The molecule has 0 aliphatic heterocycles. The first-order chi connectivity index (χ1) is 15.8. The third kappa shape index (κ3) is 6.57. The van der Waals surface area contributed by atoms with E-state index in [2.05, 4.69) is 5.32 Å². The maximum absolute atomic E-state index is 13.4. The van der Waals surface area contributed by atoms with Crippen LogP contribution in [-0.4, -0.2) is 38.8 Å². The van der Waals surface area contributed by atoms with Crippen molar-refractivity contribution in [2.75, 3.05) is 20.2 Å². The minimum Gasteiger partial charge on any atom is -0.495 e. The predicted octanol–water partition coefficient (Wildman–Crippen LogP) is 4.46. The number of methoxy groups -OCH3 is 1. The summed E-state index contributed by atoms with van der Waals surface area (Å²) in [6.07, 6.45) is 0.464. The lowest BCUT2D eigenvalue weighted by Gasteiger charge is -2.23. The van der Waals surface area contributed by atoms with Crippen molar-refractivity contribution in [2.24, 2.45) is 0 Å². The van der Waals surface area contributed by atoms with Crippen LogP contribution in [0.15, 0.2) is 83.8 Å². The van der Waals surface area contributed by atoms with Crippen LogP contribution in [0, 0.1) is 0 Å². The average Bonchev–Trinajstić information content (AvgIpc) is 2.82. The molecule has 0 saturated carbocycles. The summed E-state index contributed by atoms with van der Waals surface area (Å²) in [5.41, 5.74) is 1.91. The first-order valence-corrected chi connectivity index (χ1v) is 12.3. The Morgan fingerprint density at radius 1 is 1.03 bits per heavy atom. The second-order valence-corrected chi connectivity index (χ2v) is 9.92. The van der Waals surface area contributed by atoms with Gasteiger partial charge in [0.25, 0.3) is 0 Å². The van der Waals surface area contributed by atoms with Crippen LogP contribution in [0.3, 0.4) is 0 Å². The lowest BCUT2D eigenvalue weighted by molar-refractivity contribution is -0.121. The summed E-state index contributed by atoms with van der Waals surface area (Å²) in [6.45, 7) is 1.69. The van der Waals surface area contributed by atoms with Gasteiger partial charge in [-0.05, 0) is 42.7 Å². The molecule has 8 heteroatoms. The summed E-state index contributed by atoms with van der Waals surface area (Å²) < 4.78 is 33.2. The van der Waals surface area contributed by atoms with Gasteiger partial charge in [-0.2, -0.15) is 4.31 Å². The molecule has 0 bridgehead atoms. The lowest BCUT2D eigenvalue weighted by Crippen LogP contribution is -2.42. The molecule has 3 aromatic rings. The van der Waals surface area contributed by atoms with Crippen molar-refractivity contribution in [1.82, 2.24) is 9.62 Å². The Kier molecular flexibility index (Phi) is 8.49. The number of nitrogens with zero attached hydrogens (tertiary/aromatic N) is 1. The average molecular weight is 487 g/mol. The number of benzene rings is 3. The van der Waals surface area contributed by atoms with Gasteiger partial charge in [0.05, 0.1) is 29.6 Å². The number of hydrogen-bond acceptors (Lipinski definition) is 4. The summed E-state index contributed by atoms with van der Waals surface area (Å²) in [6, 6.07) is 23.1. The predicted molar refractivity (Wildman–Crippen MR) is 130 cm³/mol. The first kappa shape index (κ1) is 24.8. The van der Waals surface area contributed by atoms with Gasteiger partial charge in [0.1, 0.15) is 5.75 Å². The summed E-state index contributed by atoms with van der Waals surface area (Å²) in [5.74, 6) is -0.0107. The molecule has 1 amide bonds.